The van der Waals surface area contributed by atoms with Crippen molar-refractivity contribution in [3.8, 4) is 5.75 Å². The van der Waals surface area contributed by atoms with Gasteiger partial charge in [-0.3, -0.25) is 4.90 Å². The Hall–Kier alpha value is -3.01. The van der Waals surface area contributed by atoms with Crippen LogP contribution in [0.3, 0.4) is 0 Å². The standard InChI is InChI=1S/C28H32FN3O5/c1-4-28(35)20-10-23-25-18(13-32(23)26(33)19(20)14-37-27(28)34)17(12-31-7-5-15(2)6-8-31)16-9-24(36-3)21(29)11-22(16)30-25/h9-11,15,26,33,35H,4-8,12-14H2,1-3H3/t26?,28-/m0/s1. The van der Waals surface area contributed by atoms with Crippen molar-refractivity contribution < 1.29 is 28.9 Å². The Morgan fingerprint density at radius 3 is 2.76 bits per heavy atom. The maximum Gasteiger partial charge on any atom is 0.343 e. The number of aliphatic hydroxyl groups is 2. The SMILES string of the molecule is CC[C@@]1(O)C(=O)OCC2=C1C=C1c3nc4cc(F)c(OC)cc4c(CN4CCC(C)CC4)c3CN1C2O. The zero-order valence-electron chi connectivity index (χ0n) is 21.4. The summed E-state index contributed by atoms with van der Waals surface area (Å²) < 4.78 is 25.3. The van der Waals surface area contributed by atoms with Crippen LogP contribution < -0.4 is 4.74 Å². The third kappa shape index (κ3) is 3.66. The van der Waals surface area contributed by atoms with Crippen LogP contribution in [-0.2, 0) is 22.6 Å². The summed E-state index contributed by atoms with van der Waals surface area (Å²) in [6.07, 6.45) is 3.04. The van der Waals surface area contributed by atoms with Crippen LogP contribution in [0.2, 0.25) is 0 Å². The molecule has 1 saturated heterocycles. The van der Waals surface area contributed by atoms with Gasteiger partial charge >= 0.3 is 5.97 Å². The van der Waals surface area contributed by atoms with E-state index in [4.69, 9.17) is 14.5 Å². The van der Waals surface area contributed by atoms with Crippen LogP contribution in [-0.4, -0.2) is 69.6 Å². The van der Waals surface area contributed by atoms with Crippen molar-refractivity contribution in [3.05, 3.63) is 52.0 Å². The van der Waals surface area contributed by atoms with Crippen LogP contribution in [0.15, 0.2) is 29.4 Å². The van der Waals surface area contributed by atoms with E-state index in [-0.39, 0.29) is 18.8 Å². The number of esters is 1. The minimum atomic E-state index is -1.83. The quantitative estimate of drug-likeness (QED) is 0.608. The predicted octanol–water partition coefficient (Wildman–Crippen LogP) is 3.10. The highest BCUT2D eigenvalue weighted by Crippen LogP contribution is 2.46. The molecule has 0 radical (unpaired) electrons. The molecular weight excluding hydrogens is 477 g/mol. The molecule has 1 aromatic carbocycles. The first-order valence-electron chi connectivity index (χ1n) is 13.0. The Balaban J connectivity index is 1.53. The van der Waals surface area contributed by atoms with E-state index in [2.05, 4.69) is 11.8 Å². The molecule has 2 aromatic rings. The van der Waals surface area contributed by atoms with E-state index in [0.717, 1.165) is 42.4 Å². The van der Waals surface area contributed by atoms with Crippen molar-refractivity contribution in [3.63, 3.8) is 0 Å². The number of nitrogens with zero attached hydrogens (tertiary/aromatic N) is 3. The minimum Gasteiger partial charge on any atom is -0.494 e. The highest BCUT2D eigenvalue weighted by atomic mass is 19.1. The molecule has 1 fully saturated rings. The van der Waals surface area contributed by atoms with Crippen LogP contribution in [0, 0.1) is 11.7 Å². The number of pyridine rings is 1. The number of methoxy groups -OCH3 is 1. The molecule has 1 aromatic heterocycles. The summed E-state index contributed by atoms with van der Waals surface area (Å²) in [6, 6.07) is 3.11. The topological polar surface area (TPSA) is 95.4 Å². The van der Waals surface area contributed by atoms with Crippen molar-refractivity contribution in [1.29, 1.82) is 0 Å². The van der Waals surface area contributed by atoms with Gasteiger partial charge in [0.25, 0.3) is 0 Å². The molecule has 0 spiro atoms. The molecule has 0 amide bonds. The van der Waals surface area contributed by atoms with Crippen LogP contribution in [0.4, 0.5) is 4.39 Å². The van der Waals surface area contributed by atoms with Crippen molar-refractivity contribution >= 4 is 22.6 Å². The number of aromatic nitrogens is 1. The lowest BCUT2D eigenvalue weighted by Crippen LogP contribution is -2.50. The Kier molecular flexibility index (Phi) is 5.78. The lowest BCUT2D eigenvalue weighted by atomic mass is 9.82. The summed E-state index contributed by atoms with van der Waals surface area (Å²) >= 11 is 0. The van der Waals surface area contributed by atoms with Crippen molar-refractivity contribution in [2.45, 2.75) is 58.0 Å². The van der Waals surface area contributed by atoms with Crippen LogP contribution in [0.5, 0.6) is 5.75 Å². The summed E-state index contributed by atoms with van der Waals surface area (Å²) in [6.45, 7) is 6.93. The third-order valence-electron chi connectivity index (χ3n) is 8.50. The maximum atomic E-state index is 14.8. The predicted molar refractivity (Wildman–Crippen MR) is 135 cm³/mol. The molecular formula is C28H32FN3O5. The Bertz CT molecular complexity index is 1360. The van der Waals surface area contributed by atoms with E-state index in [1.165, 1.54) is 13.2 Å². The highest BCUT2D eigenvalue weighted by Gasteiger charge is 2.49. The van der Waals surface area contributed by atoms with Gasteiger partial charge in [-0.1, -0.05) is 13.8 Å². The zero-order valence-corrected chi connectivity index (χ0v) is 21.4. The van der Waals surface area contributed by atoms with Crippen molar-refractivity contribution in [2.24, 2.45) is 5.92 Å². The largest absolute Gasteiger partial charge is 0.494 e. The molecule has 37 heavy (non-hydrogen) atoms. The lowest BCUT2D eigenvalue weighted by Gasteiger charge is -2.40. The number of rotatable bonds is 4. The van der Waals surface area contributed by atoms with E-state index >= 15 is 0 Å². The maximum absolute atomic E-state index is 14.8. The second kappa shape index (κ2) is 8.79. The zero-order chi connectivity index (χ0) is 26.1. The molecule has 5 heterocycles. The number of hydrogen-bond acceptors (Lipinski definition) is 8. The van der Waals surface area contributed by atoms with Gasteiger partial charge in [0.05, 0.1) is 24.0 Å². The average Bonchev–Trinajstić information content (AvgIpc) is 3.26. The molecule has 0 bridgehead atoms. The summed E-state index contributed by atoms with van der Waals surface area (Å²) in [7, 11) is 1.45. The van der Waals surface area contributed by atoms with E-state index < -0.39 is 23.6 Å². The number of piperidine rings is 1. The lowest BCUT2D eigenvalue weighted by molar-refractivity contribution is -0.164. The number of carbonyl (C=O) groups excluding carboxylic acids is 1. The summed E-state index contributed by atoms with van der Waals surface area (Å²) in [5.74, 6) is -0.351. The number of likely N-dealkylation sites (tertiary alicyclic amines) is 1. The first kappa shape index (κ1) is 24.3. The number of fused-ring (bicyclic) bond motifs is 4. The second-order valence-electron chi connectivity index (χ2n) is 10.6. The molecule has 2 atom stereocenters. The smallest absolute Gasteiger partial charge is 0.343 e. The molecule has 4 aliphatic rings. The van der Waals surface area contributed by atoms with E-state index in [9.17, 15) is 19.4 Å². The van der Waals surface area contributed by atoms with Crippen molar-refractivity contribution in [2.75, 3.05) is 26.8 Å². The van der Waals surface area contributed by atoms with Gasteiger partial charge in [0.2, 0.25) is 0 Å². The molecule has 6 rings (SSSR count). The van der Waals surface area contributed by atoms with E-state index in [1.54, 1.807) is 19.1 Å². The molecule has 9 heteroatoms. The molecule has 2 N–H and O–H groups in total. The highest BCUT2D eigenvalue weighted by molar-refractivity contribution is 5.92. The monoisotopic (exact) mass is 509 g/mol. The number of ether oxygens (including phenoxy) is 2. The Morgan fingerprint density at radius 1 is 1.30 bits per heavy atom. The summed E-state index contributed by atoms with van der Waals surface area (Å²) in [4.78, 5) is 21.6. The van der Waals surface area contributed by atoms with Crippen LogP contribution in [0.1, 0.15) is 49.9 Å². The fourth-order valence-electron chi connectivity index (χ4n) is 6.10. The van der Waals surface area contributed by atoms with Gasteiger partial charge in [-0.05, 0) is 56.0 Å². The normalized spacial score (nSPS) is 26.1. The van der Waals surface area contributed by atoms with Gasteiger partial charge in [0.1, 0.15) is 6.61 Å². The fourth-order valence-corrected chi connectivity index (χ4v) is 6.10. The number of cyclic esters (lactones) is 1. The third-order valence-corrected chi connectivity index (χ3v) is 8.50. The molecule has 0 saturated carbocycles. The number of carbonyl (C=O) groups is 1. The first-order chi connectivity index (χ1) is 17.7. The molecule has 0 aliphatic carbocycles. The molecule has 4 aliphatic heterocycles. The van der Waals surface area contributed by atoms with Gasteiger partial charge in [0.15, 0.2) is 23.4 Å². The first-order valence-corrected chi connectivity index (χ1v) is 13.0. The van der Waals surface area contributed by atoms with E-state index in [1.807, 2.05) is 4.90 Å². The summed E-state index contributed by atoms with van der Waals surface area (Å²) in [5.41, 5.74) is 2.76. The van der Waals surface area contributed by atoms with Crippen LogP contribution in [0.25, 0.3) is 16.6 Å². The Morgan fingerprint density at radius 2 is 2.05 bits per heavy atom. The second-order valence-corrected chi connectivity index (χ2v) is 10.6. The molecule has 8 nitrogen and oxygen atoms in total. The average molecular weight is 510 g/mol. The van der Waals surface area contributed by atoms with E-state index in [0.29, 0.717) is 47.1 Å². The van der Waals surface area contributed by atoms with Gasteiger partial charge in [-0.15, -0.1) is 0 Å². The number of benzene rings is 1. The van der Waals surface area contributed by atoms with Gasteiger partial charge in [-0.2, -0.15) is 0 Å². The number of aliphatic hydroxyl groups excluding tert-OH is 1. The summed E-state index contributed by atoms with van der Waals surface area (Å²) in [5, 5.41) is 23.4. The van der Waals surface area contributed by atoms with Gasteiger partial charge < -0.3 is 24.6 Å². The minimum absolute atomic E-state index is 0.0785. The van der Waals surface area contributed by atoms with Gasteiger partial charge in [0, 0.05) is 41.3 Å². The fraction of sp³-hybridized carbons (Fsp3) is 0.500. The molecule has 196 valence electrons. The number of halogens is 1. The van der Waals surface area contributed by atoms with Gasteiger partial charge in [-0.25, -0.2) is 14.2 Å². The molecule has 1 unspecified atom stereocenters. The van der Waals surface area contributed by atoms with Crippen molar-refractivity contribution in [1.82, 2.24) is 14.8 Å². The van der Waals surface area contributed by atoms with Crippen LogP contribution >= 0.6 is 0 Å². The number of hydrogen-bond donors (Lipinski definition) is 2. The Labute approximate surface area is 215 Å².